The molecule has 0 aliphatic carbocycles. The lowest BCUT2D eigenvalue weighted by Crippen LogP contribution is -2.48. The number of methoxy groups -OCH3 is 1. The second-order valence-corrected chi connectivity index (χ2v) is 5.05. The molecule has 1 aliphatic rings. The number of benzene rings is 1. The first-order valence-electron chi connectivity index (χ1n) is 6.80. The van der Waals surface area contributed by atoms with E-state index >= 15 is 0 Å². The van der Waals surface area contributed by atoms with Gasteiger partial charge in [-0.2, -0.15) is 0 Å². The summed E-state index contributed by atoms with van der Waals surface area (Å²) >= 11 is 0. The van der Waals surface area contributed by atoms with E-state index in [1.807, 2.05) is 6.92 Å². The minimum atomic E-state index is -0.484. The first-order valence-corrected chi connectivity index (χ1v) is 6.80. The Labute approximate surface area is 118 Å². The average molecular weight is 276 g/mol. The van der Waals surface area contributed by atoms with Crippen LogP contribution in [0, 0.1) is 6.92 Å². The van der Waals surface area contributed by atoms with Gasteiger partial charge >= 0.3 is 5.97 Å². The van der Waals surface area contributed by atoms with Crippen LogP contribution >= 0.6 is 0 Å². The van der Waals surface area contributed by atoms with Gasteiger partial charge in [-0.25, -0.2) is 4.79 Å². The number of likely N-dealkylation sites (tertiary alicyclic amines) is 1. The molecule has 1 aliphatic heterocycles. The van der Waals surface area contributed by atoms with Gasteiger partial charge in [0.25, 0.3) is 5.91 Å². The highest BCUT2D eigenvalue weighted by molar-refractivity contribution is 5.99. The Morgan fingerprint density at radius 3 is 2.80 bits per heavy atom. The van der Waals surface area contributed by atoms with Crippen molar-refractivity contribution in [3.63, 3.8) is 0 Å². The molecule has 5 nitrogen and oxygen atoms in total. The highest BCUT2D eigenvalue weighted by Gasteiger charge is 2.33. The van der Waals surface area contributed by atoms with Gasteiger partial charge < -0.3 is 15.4 Å². The summed E-state index contributed by atoms with van der Waals surface area (Å²) < 4.78 is 4.80. The van der Waals surface area contributed by atoms with E-state index in [4.69, 9.17) is 10.5 Å². The molecule has 1 aromatic rings. The van der Waals surface area contributed by atoms with E-state index in [-0.39, 0.29) is 11.9 Å². The largest absolute Gasteiger partial charge is 0.467 e. The Bertz CT molecular complexity index is 528. The second-order valence-electron chi connectivity index (χ2n) is 5.05. The normalized spacial score (nSPS) is 18.7. The number of ether oxygens (including phenoxy) is 1. The standard InChI is InChI=1S/C15H20N2O3/c1-10-11(6-5-7-12(10)16)14(18)17-9-4-3-8-13(17)15(19)20-2/h5-7,13H,3-4,8-9,16H2,1-2H3. The number of nitrogens with two attached hydrogens (primary N) is 1. The van der Waals surface area contributed by atoms with Crippen molar-refractivity contribution in [2.75, 3.05) is 19.4 Å². The van der Waals surface area contributed by atoms with Gasteiger partial charge in [0.2, 0.25) is 0 Å². The van der Waals surface area contributed by atoms with Crippen molar-refractivity contribution in [2.24, 2.45) is 0 Å². The number of carbonyl (C=O) groups excluding carboxylic acids is 2. The van der Waals surface area contributed by atoms with Crippen LogP contribution in [0.2, 0.25) is 0 Å². The van der Waals surface area contributed by atoms with Crippen LogP contribution in [-0.2, 0) is 9.53 Å². The zero-order valence-electron chi connectivity index (χ0n) is 11.9. The summed E-state index contributed by atoms with van der Waals surface area (Å²) in [6.45, 7) is 2.40. The first kappa shape index (κ1) is 14.4. The van der Waals surface area contributed by atoms with Gasteiger partial charge in [-0.3, -0.25) is 4.79 Å². The van der Waals surface area contributed by atoms with E-state index in [9.17, 15) is 9.59 Å². The lowest BCUT2D eigenvalue weighted by molar-refractivity contribution is -0.147. The maximum Gasteiger partial charge on any atom is 0.328 e. The van der Waals surface area contributed by atoms with Gasteiger partial charge in [0.15, 0.2) is 0 Å². The van der Waals surface area contributed by atoms with Crippen molar-refractivity contribution < 1.29 is 14.3 Å². The van der Waals surface area contributed by atoms with Crippen molar-refractivity contribution in [1.29, 1.82) is 0 Å². The molecule has 1 amide bonds. The minimum Gasteiger partial charge on any atom is -0.467 e. The number of hydrogen-bond acceptors (Lipinski definition) is 4. The number of hydrogen-bond donors (Lipinski definition) is 1. The molecule has 1 atom stereocenters. The number of nitrogens with zero attached hydrogens (tertiary/aromatic N) is 1. The Kier molecular flexibility index (Phi) is 4.27. The monoisotopic (exact) mass is 276 g/mol. The Hall–Kier alpha value is -2.04. The number of anilines is 1. The van der Waals surface area contributed by atoms with Gasteiger partial charge in [-0.15, -0.1) is 0 Å². The zero-order valence-corrected chi connectivity index (χ0v) is 11.9. The van der Waals surface area contributed by atoms with Crippen molar-refractivity contribution in [2.45, 2.75) is 32.2 Å². The fourth-order valence-corrected chi connectivity index (χ4v) is 2.60. The van der Waals surface area contributed by atoms with Crippen LogP contribution in [0.5, 0.6) is 0 Å². The number of amides is 1. The summed E-state index contributed by atoms with van der Waals surface area (Å²) in [5.74, 6) is -0.496. The zero-order chi connectivity index (χ0) is 14.7. The molecule has 20 heavy (non-hydrogen) atoms. The Morgan fingerprint density at radius 1 is 1.35 bits per heavy atom. The molecule has 5 heteroatoms. The highest BCUT2D eigenvalue weighted by Crippen LogP contribution is 2.23. The third-order valence-electron chi connectivity index (χ3n) is 3.84. The molecule has 0 bridgehead atoms. The molecule has 108 valence electrons. The summed E-state index contributed by atoms with van der Waals surface area (Å²) in [7, 11) is 1.35. The number of carbonyl (C=O) groups is 2. The van der Waals surface area contributed by atoms with Crippen molar-refractivity contribution in [3.05, 3.63) is 29.3 Å². The Balaban J connectivity index is 2.30. The number of nitrogen functional groups attached to an aromatic ring is 1. The van der Waals surface area contributed by atoms with E-state index in [0.29, 0.717) is 24.2 Å². The highest BCUT2D eigenvalue weighted by atomic mass is 16.5. The van der Waals surface area contributed by atoms with Gasteiger partial charge in [-0.1, -0.05) is 6.07 Å². The van der Waals surface area contributed by atoms with Crippen LogP contribution < -0.4 is 5.73 Å². The number of esters is 1. The maximum absolute atomic E-state index is 12.7. The Morgan fingerprint density at radius 2 is 2.10 bits per heavy atom. The fourth-order valence-electron chi connectivity index (χ4n) is 2.60. The number of rotatable bonds is 2. The van der Waals surface area contributed by atoms with Crippen LogP contribution in [0.25, 0.3) is 0 Å². The van der Waals surface area contributed by atoms with E-state index in [1.54, 1.807) is 23.1 Å². The molecule has 1 aromatic carbocycles. The predicted molar refractivity (Wildman–Crippen MR) is 76.3 cm³/mol. The van der Waals surface area contributed by atoms with Gasteiger partial charge in [0, 0.05) is 17.8 Å². The van der Waals surface area contributed by atoms with Crippen LogP contribution in [0.4, 0.5) is 5.69 Å². The number of piperidine rings is 1. The SMILES string of the molecule is COC(=O)C1CCCCN1C(=O)c1cccc(N)c1C. The third-order valence-corrected chi connectivity index (χ3v) is 3.84. The molecule has 0 saturated carbocycles. The third kappa shape index (κ3) is 2.61. The molecule has 1 fully saturated rings. The maximum atomic E-state index is 12.7. The lowest BCUT2D eigenvalue weighted by Gasteiger charge is -2.34. The van der Waals surface area contributed by atoms with E-state index in [2.05, 4.69) is 0 Å². The van der Waals surface area contributed by atoms with Gasteiger partial charge in [0.05, 0.1) is 7.11 Å². The predicted octanol–water partition coefficient (Wildman–Crippen LogP) is 1.74. The van der Waals surface area contributed by atoms with E-state index < -0.39 is 6.04 Å². The summed E-state index contributed by atoms with van der Waals surface area (Å²) in [5.41, 5.74) is 7.74. The van der Waals surface area contributed by atoms with Crippen molar-refractivity contribution in [1.82, 2.24) is 4.90 Å². The molecule has 1 heterocycles. The smallest absolute Gasteiger partial charge is 0.328 e. The quantitative estimate of drug-likeness (QED) is 0.659. The summed E-state index contributed by atoms with van der Waals surface area (Å²) in [6.07, 6.45) is 2.49. The molecule has 1 saturated heterocycles. The second kappa shape index (κ2) is 5.94. The summed E-state index contributed by atoms with van der Waals surface area (Å²) in [5, 5.41) is 0. The molecular formula is C15H20N2O3. The molecule has 0 aromatic heterocycles. The van der Waals surface area contributed by atoms with Crippen LogP contribution in [0.1, 0.15) is 35.2 Å². The van der Waals surface area contributed by atoms with E-state index in [0.717, 1.165) is 18.4 Å². The summed E-state index contributed by atoms with van der Waals surface area (Å²) in [6, 6.07) is 4.78. The molecule has 0 radical (unpaired) electrons. The molecular weight excluding hydrogens is 256 g/mol. The fraction of sp³-hybridized carbons (Fsp3) is 0.467. The topological polar surface area (TPSA) is 72.6 Å². The molecule has 2 N–H and O–H groups in total. The summed E-state index contributed by atoms with van der Waals surface area (Å²) in [4.78, 5) is 26.1. The van der Waals surface area contributed by atoms with Crippen LogP contribution in [-0.4, -0.2) is 36.5 Å². The van der Waals surface area contributed by atoms with Crippen molar-refractivity contribution in [3.8, 4) is 0 Å². The molecule has 1 unspecified atom stereocenters. The molecule has 0 spiro atoms. The van der Waals surface area contributed by atoms with Crippen molar-refractivity contribution >= 4 is 17.6 Å². The van der Waals surface area contributed by atoms with Gasteiger partial charge in [-0.05, 0) is 43.9 Å². The minimum absolute atomic E-state index is 0.148. The van der Waals surface area contributed by atoms with Crippen LogP contribution in [0.3, 0.4) is 0 Å². The van der Waals surface area contributed by atoms with Crippen LogP contribution in [0.15, 0.2) is 18.2 Å². The first-order chi connectivity index (χ1) is 9.56. The molecule has 2 rings (SSSR count). The average Bonchev–Trinajstić information content (AvgIpc) is 2.48. The lowest BCUT2D eigenvalue weighted by atomic mass is 9.99. The van der Waals surface area contributed by atoms with E-state index in [1.165, 1.54) is 7.11 Å². The van der Waals surface area contributed by atoms with Gasteiger partial charge in [0.1, 0.15) is 6.04 Å².